The molecule has 0 radical (unpaired) electrons. The standard InChI is InChI=1S/C44H62FNO5S/c1-28(2)30-14-19-44(37(47)9-8-22-46-23-25-52(50,51)26-24-46)21-20-42(6)33(38(30)44)12-13-36-41(5)17-15-32(31-11-10-29(39(48)49)27-34(31)45)40(3,4)35(41)16-18-43(36,42)7/h10-11,15,27,30,33,35-36,38H,1,8-9,12-14,16-26H2,2-7H3,(H,48,49)/t30-,33+,35-,36+,38+,41-,42+,43+,44+/m0/s1. The van der Waals surface area contributed by atoms with Gasteiger partial charge in [-0.25, -0.2) is 17.6 Å². The number of Topliss-reactive ketones (excluding diaryl/α,β-unsaturated/α-hetero) is 1. The van der Waals surface area contributed by atoms with Gasteiger partial charge in [0.25, 0.3) is 0 Å². The quantitative estimate of drug-likeness (QED) is 0.268. The Labute approximate surface area is 312 Å². The van der Waals surface area contributed by atoms with Crippen LogP contribution in [0.4, 0.5) is 4.39 Å². The molecule has 5 fully saturated rings. The lowest BCUT2D eigenvalue weighted by Gasteiger charge is -2.72. The average molecular weight is 736 g/mol. The van der Waals surface area contributed by atoms with Crippen LogP contribution in [0.25, 0.3) is 5.57 Å². The van der Waals surface area contributed by atoms with Gasteiger partial charge in [-0.3, -0.25) is 4.79 Å². The molecule has 0 unspecified atom stereocenters. The Kier molecular flexibility index (Phi) is 9.41. The van der Waals surface area contributed by atoms with Gasteiger partial charge in [0.2, 0.25) is 0 Å². The molecule has 6 aliphatic rings. The Hall–Kier alpha value is -2.32. The first-order valence-corrected chi connectivity index (χ1v) is 22.0. The van der Waals surface area contributed by atoms with Crippen LogP contribution in [0.3, 0.4) is 0 Å². The van der Waals surface area contributed by atoms with Gasteiger partial charge in [0.1, 0.15) is 11.6 Å². The number of rotatable bonds is 8. The van der Waals surface area contributed by atoms with Crippen LogP contribution in [0.15, 0.2) is 36.4 Å². The number of benzene rings is 1. The number of aromatic carboxylic acids is 1. The molecule has 1 aromatic rings. The molecule has 0 bridgehead atoms. The summed E-state index contributed by atoms with van der Waals surface area (Å²) in [5.41, 5.74) is 2.46. The Morgan fingerprint density at radius 2 is 1.65 bits per heavy atom. The summed E-state index contributed by atoms with van der Waals surface area (Å²) in [6.45, 7) is 20.9. The molecule has 7 rings (SSSR count). The van der Waals surface area contributed by atoms with Gasteiger partial charge in [0.05, 0.1) is 17.1 Å². The van der Waals surface area contributed by atoms with E-state index in [0.29, 0.717) is 60.4 Å². The van der Waals surface area contributed by atoms with Crippen molar-refractivity contribution in [3.63, 3.8) is 0 Å². The van der Waals surface area contributed by atoms with E-state index in [9.17, 15) is 23.1 Å². The molecule has 4 saturated carbocycles. The van der Waals surface area contributed by atoms with Crippen molar-refractivity contribution in [2.45, 2.75) is 112 Å². The topological polar surface area (TPSA) is 91.8 Å². The van der Waals surface area contributed by atoms with Gasteiger partial charge < -0.3 is 10.0 Å². The van der Waals surface area contributed by atoms with Gasteiger partial charge >= 0.3 is 5.97 Å². The van der Waals surface area contributed by atoms with E-state index in [1.54, 1.807) is 6.07 Å². The van der Waals surface area contributed by atoms with Crippen molar-refractivity contribution in [2.75, 3.05) is 31.1 Å². The molecule has 6 nitrogen and oxygen atoms in total. The third-order valence-electron chi connectivity index (χ3n) is 17.0. The highest BCUT2D eigenvalue weighted by atomic mass is 32.2. The van der Waals surface area contributed by atoms with E-state index in [-0.39, 0.29) is 44.1 Å². The number of carboxylic acid groups (broad SMARTS) is 1. The molecule has 5 aliphatic carbocycles. The number of carbonyl (C=O) groups excluding carboxylic acids is 1. The molecule has 52 heavy (non-hydrogen) atoms. The predicted octanol–water partition coefficient (Wildman–Crippen LogP) is 9.25. The lowest BCUT2D eigenvalue weighted by atomic mass is 9.32. The summed E-state index contributed by atoms with van der Waals surface area (Å²) in [6, 6.07) is 4.37. The number of nitrogens with zero attached hydrogens (tertiary/aromatic N) is 1. The summed E-state index contributed by atoms with van der Waals surface area (Å²) >= 11 is 0. The molecule has 1 saturated heterocycles. The van der Waals surface area contributed by atoms with Crippen molar-refractivity contribution in [1.29, 1.82) is 0 Å². The Bertz CT molecular complexity index is 1790. The third kappa shape index (κ3) is 5.64. The lowest BCUT2D eigenvalue weighted by molar-refractivity contribution is -0.224. The van der Waals surface area contributed by atoms with Gasteiger partial charge in [-0.2, -0.15) is 0 Å². The molecule has 0 amide bonds. The Morgan fingerprint density at radius 1 is 0.942 bits per heavy atom. The van der Waals surface area contributed by atoms with E-state index in [0.717, 1.165) is 76.3 Å². The summed E-state index contributed by atoms with van der Waals surface area (Å²) in [5.74, 6) is 1.37. The number of fused-ring (bicyclic) bond motifs is 7. The van der Waals surface area contributed by atoms with Crippen molar-refractivity contribution in [3.8, 4) is 0 Å². The number of halogens is 1. The number of ketones is 1. The molecule has 0 aromatic heterocycles. The van der Waals surface area contributed by atoms with Crippen molar-refractivity contribution >= 4 is 27.2 Å². The maximum atomic E-state index is 15.5. The first kappa shape index (κ1) is 38.0. The molecular formula is C44H62FNO5S. The Morgan fingerprint density at radius 3 is 2.31 bits per heavy atom. The fourth-order valence-electron chi connectivity index (χ4n) is 14.2. The van der Waals surface area contributed by atoms with E-state index < -0.39 is 21.6 Å². The van der Waals surface area contributed by atoms with Crippen LogP contribution in [0.1, 0.15) is 128 Å². The van der Waals surface area contributed by atoms with Gasteiger partial charge in [0, 0.05) is 30.5 Å². The van der Waals surface area contributed by atoms with Crippen LogP contribution in [-0.4, -0.2) is 61.3 Å². The number of hydrogen-bond donors (Lipinski definition) is 1. The first-order chi connectivity index (χ1) is 24.3. The second-order valence-corrected chi connectivity index (χ2v) is 21.7. The molecule has 9 atom stereocenters. The van der Waals surface area contributed by atoms with Crippen LogP contribution in [0.5, 0.6) is 0 Å². The molecule has 1 aromatic carbocycles. The Balaban J connectivity index is 1.15. The monoisotopic (exact) mass is 735 g/mol. The molecule has 0 spiro atoms. The third-order valence-corrected chi connectivity index (χ3v) is 18.6. The fourth-order valence-corrected chi connectivity index (χ4v) is 15.5. The van der Waals surface area contributed by atoms with Crippen LogP contribution in [0, 0.1) is 62.5 Å². The van der Waals surface area contributed by atoms with Crippen molar-refractivity contribution < 1.29 is 27.5 Å². The summed E-state index contributed by atoms with van der Waals surface area (Å²) in [5, 5.41) is 9.45. The summed E-state index contributed by atoms with van der Waals surface area (Å²) < 4.78 is 39.4. The van der Waals surface area contributed by atoms with Gasteiger partial charge in [-0.1, -0.05) is 58.9 Å². The predicted molar refractivity (Wildman–Crippen MR) is 205 cm³/mol. The van der Waals surface area contributed by atoms with E-state index in [1.807, 2.05) is 0 Å². The van der Waals surface area contributed by atoms with Crippen LogP contribution >= 0.6 is 0 Å². The van der Waals surface area contributed by atoms with Gasteiger partial charge in [0.15, 0.2) is 9.84 Å². The number of allylic oxidation sites excluding steroid dienone is 3. The highest BCUT2D eigenvalue weighted by Crippen LogP contribution is 2.78. The zero-order chi connectivity index (χ0) is 37.6. The second-order valence-electron chi connectivity index (χ2n) is 19.4. The van der Waals surface area contributed by atoms with Crippen LogP contribution in [-0.2, 0) is 14.6 Å². The van der Waals surface area contributed by atoms with Crippen molar-refractivity contribution in [3.05, 3.63) is 53.4 Å². The van der Waals surface area contributed by atoms with Gasteiger partial charge in [-0.15, -0.1) is 0 Å². The minimum absolute atomic E-state index is 0.0231. The minimum atomic E-state index is -2.92. The summed E-state index contributed by atoms with van der Waals surface area (Å²) in [7, 11) is -2.92. The summed E-state index contributed by atoms with van der Waals surface area (Å²) in [4.78, 5) is 28.4. The normalized spacial score (nSPS) is 40.8. The summed E-state index contributed by atoms with van der Waals surface area (Å²) in [6.07, 6.45) is 13.1. The SMILES string of the molecule is C=C(C)[C@@H]1CC[C@]2(C(=O)CCCN3CCS(=O)(=O)CC3)CC[C@]3(C)[C@H](CC[C@@H]4[C@@]5(C)CC=C(c6ccc(C(=O)O)cc6F)C(C)(C)[C@@H]5CC[C@]43C)[C@@H]12. The molecule has 286 valence electrons. The number of carbonyl (C=O) groups is 2. The first-order valence-electron chi connectivity index (χ1n) is 20.2. The minimum Gasteiger partial charge on any atom is -0.478 e. The van der Waals surface area contributed by atoms with E-state index in [1.165, 1.54) is 17.7 Å². The lowest BCUT2D eigenvalue weighted by Crippen LogP contribution is -2.65. The maximum Gasteiger partial charge on any atom is 0.335 e. The highest BCUT2D eigenvalue weighted by Gasteiger charge is 2.71. The molecule has 8 heteroatoms. The van der Waals surface area contributed by atoms with Crippen molar-refractivity contribution in [1.82, 2.24) is 4.90 Å². The average Bonchev–Trinajstić information content (AvgIpc) is 3.47. The van der Waals surface area contributed by atoms with E-state index in [4.69, 9.17) is 0 Å². The zero-order valence-corrected chi connectivity index (χ0v) is 33.3. The number of sulfone groups is 1. The second kappa shape index (κ2) is 12.9. The highest BCUT2D eigenvalue weighted by molar-refractivity contribution is 7.91. The molecule has 1 heterocycles. The molecule has 1 aliphatic heterocycles. The van der Waals surface area contributed by atoms with E-state index in [2.05, 4.69) is 59.1 Å². The van der Waals surface area contributed by atoms with Crippen LogP contribution < -0.4 is 0 Å². The fraction of sp³-hybridized carbons (Fsp3) is 0.727. The molecular weight excluding hydrogens is 674 g/mol. The number of hydrogen-bond acceptors (Lipinski definition) is 5. The largest absolute Gasteiger partial charge is 0.478 e. The number of carboxylic acids is 1. The van der Waals surface area contributed by atoms with Crippen LogP contribution in [0.2, 0.25) is 0 Å². The van der Waals surface area contributed by atoms with Crippen molar-refractivity contribution in [2.24, 2.45) is 56.7 Å². The maximum absolute atomic E-state index is 15.5. The smallest absolute Gasteiger partial charge is 0.335 e. The van der Waals surface area contributed by atoms with Gasteiger partial charge in [-0.05, 0) is 147 Å². The zero-order valence-electron chi connectivity index (χ0n) is 32.5. The van der Waals surface area contributed by atoms with E-state index >= 15 is 4.39 Å². The molecule has 1 N–H and O–H groups in total.